The van der Waals surface area contributed by atoms with Gasteiger partial charge in [-0.3, -0.25) is 0 Å². The second-order valence-electron chi connectivity index (χ2n) is 5.63. The number of hydrogen-bond donors (Lipinski definition) is 1. The van der Waals surface area contributed by atoms with Crippen molar-refractivity contribution in [3.8, 4) is 5.75 Å². The summed E-state index contributed by atoms with van der Waals surface area (Å²) in [7, 11) is 1.72. The van der Waals surface area contributed by atoms with Crippen molar-refractivity contribution in [1.29, 1.82) is 0 Å². The molecule has 0 aromatic heterocycles. The van der Waals surface area contributed by atoms with E-state index in [0.29, 0.717) is 0 Å². The molecule has 0 radical (unpaired) electrons. The Kier molecular flexibility index (Phi) is 4.97. The molecule has 0 heterocycles. The summed E-state index contributed by atoms with van der Waals surface area (Å²) in [5, 5.41) is 0. The molecule has 0 amide bonds. The van der Waals surface area contributed by atoms with E-state index in [1.54, 1.807) is 7.11 Å². The van der Waals surface area contributed by atoms with Gasteiger partial charge in [-0.15, -0.1) is 0 Å². The Morgan fingerprint density at radius 1 is 1.28 bits per heavy atom. The molecular weight excluding hydrogens is 222 g/mol. The second kappa shape index (κ2) is 6.05. The molecule has 100 valence electrons. The summed E-state index contributed by atoms with van der Waals surface area (Å²) < 4.78 is 5.45. The van der Waals surface area contributed by atoms with Gasteiger partial charge in [0.2, 0.25) is 0 Å². The fourth-order valence-corrected chi connectivity index (χ4v) is 2.06. The van der Waals surface area contributed by atoms with Crippen LogP contribution < -0.4 is 10.5 Å². The first-order valence-electron chi connectivity index (χ1n) is 6.44. The number of aryl methyl sites for hydroxylation is 2. The Labute approximate surface area is 111 Å². The van der Waals surface area contributed by atoms with Gasteiger partial charge in [0.05, 0.1) is 7.11 Å². The van der Waals surface area contributed by atoms with Crippen molar-refractivity contribution in [2.45, 2.75) is 46.1 Å². The highest BCUT2D eigenvalue weighted by Gasteiger charge is 2.08. The number of benzene rings is 1. The highest BCUT2D eigenvalue weighted by atomic mass is 16.5. The van der Waals surface area contributed by atoms with Gasteiger partial charge in [0.1, 0.15) is 5.75 Å². The average molecular weight is 247 g/mol. The molecule has 0 aliphatic carbocycles. The molecule has 0 spiro atoms. The van der Waals surface area contributed by atoms with Crippen LogP contribution in [0.2, 0.25) is 0 Å². The Balaban J connectivity index is 2.80. The van der Waals surface area contributed by atoms with E-state index in [0.717, 1.165) is 24.2 Å². The fraction of sp³-hybridized carbons (Fsp3) is 0.500. The van der Waals surface area contributed by atoms with Crippen LogP contribution in [0.15, 0.2) is 18.2 Å². The topological polar surface area (TPSA) is 35.2 Å². The largest absolute Gasteiger partial charge is 0.496 e. The summed E-state index contributed by atoms with van der Waals surface area (Å²) in [4.78, 5) is 0. The van der Waals surface area contributed by atoms with Gasteiger partial charge < -0.3 is 10.5 Å². The van der Waals surface area contributed by atoms with Crippen molar-refractivity contribution in [2.24, 2.45) is 5.73 Å². The standard InChI is InChI=1S/C16H25NO/c1-12-10-13(2)15(18-5)14(11-12)8-6-7-9-16(3,4)17/h6,8,10-11H,7,9,17H2,1-5H3/b8-6+. The van der Waals surface area contributed by atoms with E-state index in [9.17, 15) is 0 Å². The fourth-order valence-electron chi connectivity index (χ4n) is 2.06. The Morgan fingerprint density at radius 2 is 1.94 bits per heavy atom. The highest BCUT2D eigenvalue weighted by Crippen LogP contribution is 2.26. The molecule has 1 aromatic rings. The molecule has 0 aliphatic rings. The summed E-state index contributed by atoms with van der Waals surface area (Å²) in [6, 6.07) is 4.29. The Bertz CT molecular complexity index is 427. The molecule has 0 saturated carbocycles. The Hall–Kier alpha value is -1.28. The summed E-state index contributed by atoms with van der Waals surface area (Å²) in [6.07, 6.45) is 6.27. The molecule has 2 heteroatoms. The molecule has 0 fully saturated rings. The number of rotatable bonds is 5. The zero-order chi connectivity index (χ0) is 13.8. The zero-order valence-electron chi connectivity index (χ0n) is 12.2. The molecule has 0 saturated heterocycles. The molecule has 0 atom stereocenters. The summed E-state index contributed by atoms with van der Waals surface area (Å²) in [5.41, 5.74) is 9.44. The van der Waals surface area contributed by atoms with E-state index < -0.39 is 0 Å². The molecule has 2 nitrogen and oxygen atoms in total. The lowest BCUT2D eigenvalue weighted by atomic mass is 9.99. The van der Waals surface area contributed by atoms with Crippen LogP contribution in [0, 0.1) is 13.8 Å². The van der Waals surface area contributed by atoms with Crippen molar-refractivity contribution >= 4 is 6.08 Å². The van der Waals surface area contributed by atoms with Gasteiger partial charge >= 0.3 is 0 Å². The third-order valence-corrected chi connectivity index (χ3v) is 2.90. The molecule has 1 rings (SSSR count). The quantitative estimate of drug-likeness (QED) is 0.858. The number of hydrogen-bond acceptors (Lipinski definition) is 2. The zero-order valence-corrected chi connectivity index (χ0v) is 12.2. The van der Waals surface area contributed by atoms with Crippen molar-refractivity contribution in [2.75, 3.05) is 7.11 Å². The summed E-state index contributed by atoms with van der Waals surface area (Å²) in [6.45, 7) is 8.29. The molecular formula is C16H25NO. The maximum absolute atomic E-state index is 5.96. The maximum Gasteiger partial charge on any atom is 0.128 e. The van der Waals surface area contributed by atoms with Crippen molar-refractivity contribution in [3.63, 3.8) is 0 Å². The lowest BCUT2D eigenvalue weighted by Gasteiger charge is -2.16. The smallest absolute Gasteiger partial charge is 0.128 e. The van der Waals surface area contributed by atoms with E-state index in [-0.39, 0.29) is 5.54 Å². The van der Waals surface area contributed by atoms with Crippen LogP contribution >= 0.6 is 0 Å². The number of allylic oxidation sites excluding steroid dienone is 1. The van der Waals surface area contributed by atoms with Crippen LogP contribution in [-0.2, 0) is 0 Å². The predicted octanol–water partition coefficient (Wildman–Crippen LogP) is 3.84. The SMILES string of the molecule is COc1c(C)cc(C)cc1/C=C/CCC(C)(C)N. The normalized spacial score (nSPS) is 12.1. The monoisotopic (exact) mass is 247 g/mol. The first-order chi connectivity index (χ1) is 8.33. The highest BCUT2D eigenvalue weighted by molar-refractivity contribution is 5.61. The van der Waals surface area contributed by atoms with Crippen LogP contribution in [-0.4, -0.2) is 12.6 Å². The van der Waals surface area contributed by atoms with Gasteiger partial charge in [-0.2, -0.15) is 0 Å². The Morgan fingerprint density at radius 3 is 2.50 bits per heavy atom. The van der Waals surface area contributed by atoms with Gasteiger partial charge in [-0.25, -0.2) is 0 Å². The minimum atomic E-state index is -0.100. The van der Waals surface area contributed by atoms with Gasteiger partial charge in [0, 0.05) is 11.1 Å². The third kappa shape index (κ3) is 4.53. The van der Waals surface area contributed by atoms with Gasteiger partial charge in [-0.05, 0) is 52.2 Å². The minimum Gasteiger partial charge on any atom is -0.496 e. The van der Waals surface area contributed by atoms with Crippen LogP contribution in [0.3, 0.4) is 0 Å². The third-order valence-electron chi connectivity index (χ3n) is 2.90. The second-order valence-corrected chi connectivity index (χ2v) is 5.63. The van der Waals surface area contributed by atoms with Crippen molar-refractivity contribution in [3.05, 3.63) is 34.9 Å². The molecule has 0 aliphatic heterocycles. The lowest BCUT2D eigenvalue weighted by Crippen LogP contribution is -2.31. The first kappa shape index (κ1) is 14.8. The van der Waals surface area contributed by atoms with Crippen LogP contribution in [0.5, 0.6) is 5.75 Å². The lowest BCUT2D eigenvalue weighted by molar-refractivity contribution is 0.410. The van der Waals surface area contributed by atoms with Gasteiger partial charge in [-0.1, -0.05) is 23.8 Å². The molecule has 0 unspecified atom stereocenters. The number of ether oxygens (including phenoxy) is 1. The first-order valence-corrected chi connectivity index (χ1v) is 6.44. The van der Waals surface area contributed by atoms with Crippen LogP contribution in [0.4, 0.5) is 0 Å². The van der Waals surface area contributed by atoms with E-state index in [1.165, 1.54) is 11.1 Å². The van der Waals surface area contributed by atoms with E-state index in [2.05, 4.69) is 52.0 Å². The number of methoxy groups -OCH3 is 1. The van der Waals surface area contributed by atoms with Gasteiger partial charge in [0.25, 0.3) is 0 Å². The van der Waals surface area contributed by atoms with Crippen molar-refractivity contribution in [1.82, 2.24) is 0 Å². The summed E-state index contributed by atoms with van der Waals surface area (Å²) in [5.74, 6) is 0.962. The van der Waals surface area contributed by atoms with Gasteiger partial charge in [0.15, 0.2) is 0 Å². The van der Waals surface area contributed by atoms with Crippen LogP contribution in [0.25, 0.3) is 6.08 Å². The molecule has 18 heavy (non-hydrogen) atoms. The number of nitrogens with two attached hydrogens (primary N) is 1. The molecule has 1 aromatic carbocycles. The maximum atomic E-state index is 5.96. The molecule has 0 bridgehead atoms. The van der Waals surface area contributed by atoms with E-state index in [1.807, 2.05) is 0 Å². The molecule has 2 N–H and O–H groups in total. The average Bonchev–Trinajstić information content (AvgIpc) is 2.22. The van der Waals surface area contributed by atoms with Crippen molar-refractivity contribution < 1.29 is 4.74 Å². The van der Waals surface area contributed by atoms with Crippen LogP contribution in [0.1, 0.15) is 43.4 Å². The minimum absolute atomic E-state index is 0.100. The van der Waals surface area contributed by atoms with E-state index in [4.69, 9.17) is 10.5 Å². The summed E-state index contributed by atoms with van der Waals surface area (Å²) >= 11 is 0. The van der Waals surface area contributed by atoms with E-state index >= 15 is 0 Å². The predicted molar refractivity (Wildman–Crippen MR) is 79.0 cm³/mol.